The molecule has 2 aliphatic rings. The fourth-order valence-electron chi connectivity index (χ4n) is 4.09. The van der Waals surface area contributed by atoms with E-state index in [0.29, 0.717) is 0 Å². The molecule has 0 radical (unpaired) electrons. The first kappa shape index (κ1) is 18.8. The van der Waals surface area contributed by atoms with E-state index >= 15 is 0 Å². The van der Waals surface area contributed by atoms with Crippen LogP contribution < -0.4 is 10.6 Å². The van der Waals surface area contributed by atoms with E-state index in [0.717, 1.165) is 48.2 Å². The van der Waals surface area contributed by atoms with Gasteiger partial charge in [0.15, 0.2) is 11.9 Å². The maximum atomic E-state index is 13.0. The first-order valence-electron chi connectivity index (χ1n) is 9.67. The number of benzene rings is 1. The van der Waals surface area contributed by atoms with Gasteiger partial charge in [0.2, 0.25) is 0 Å². The lowest BCUT2D eigenvalue weighted by molar-refractivity contribution is -0.125. The van der Waals surface area contributed by atoms with Crippen LogP contribution in [0.1, 0.15) is 57.1 Å². The van der Waals surface area contributed by atoms with Crippen LogP contribution in [0.4, 0.5) is 5.69 Å². The average Bonchev–Trinajstić information content (AvgIpc) is 2.73. The van der Waals surface area contributed by atoms with Crippen LogP contribution in [-0.4, -0.2) is 30.1 Å². The highest BCUT2D eigenvalue weighted by Gasteiger charge is 2.34. The van der Waals surface area contributed by atoms with E-state index in [1.807, 2.05) is 39.0 Å². The van der Waals surface area contributed by atoms with Crippen LogP contribution in [0.15, 0.2) is 23.2 Å². The number of para-hydroxylation sites is 1. The summed E-state index contributed by atoms with van der Waals surface area (Å²) in [7, 11) is 0. The monoisotopic (exact) mass is 355 g/mol. The number of aliphatic imine (C=N–C) groups is 1. The van der Waals surface area contributed by atoms with Gasteiger partial charge < -0.3 is 10.6 Å². The zero-order valence-corrected chi connectivity index (χ0v) is 16.0. The molecule has 0 aromatic heterocycles. The molecule has 1 aliphatic heterocycles. The van der Waals surface area contributed by atoms with Crippen molar-refractivity contribution in [3.05, 3.63) is 29.3 Å². The zero-order chi connectivity index (χ0) is 18.8. The Balaban J connectivity index is 2.00. The van der Waals surface area contributed by atoms with Crippen molar-refractivity contribution in [2.45, 2.75) is 59.0 Å². The van der Waals surface area contributed by atoms with Crippen LogP contribution in [0, 0.1) is 18.8 Å². The molecule has 1 heterocycles. The molecular weight excluding hydrogens is 326 g/mol. The molecule has 1 aliphatic carbocycles. The second kappa shape index (κ2) is 7.70. The van der Waals surface area contributed by atoms with E-state index in [2.05, 4.69) is 4.99 Å². The molecule has 3 rings (SSSR count). The van der Waals surface area contributed by atoms with Gasteiger partial charge in [-0.15, -0.1) is 0 Å². The fourth-order valence-corrected chi connectivity index (χ4v) is 4.09. The quantitative estimate of drug-likeness (QED) is 0.901. The third-order valence-corrected chi connectivity index (χ3v) is 5.50. The summed E-state index contributed by atoms with van der Waals surface area (Å²) in [5.74, 6) is 0.0604. The average molecular weight is 355 g/mol. The predicted octanol–water partition coefficient (Wildman–Crippen LogP) is 3.22. The molecule has 2 N–H and O–H groups in total. The van der Waals surface area contributed by atoms with E-state index in [1.165, 1.54) is 6.42 Å². The lowest BCUT2D eigenvalue weighted by Crippen LogP contribution is -2.46. The van der Waals surface area contributed by atoms with Crippen molar-refractivity contribution in [2.75, 3.05) is 11.4 Å². The zero-order valence-electron chi connectivity index (χ0n) is 16.0. The number of hydrogen-bond donors (Lipinski definition) is 1. The summed E-state index contributed by atoms with van der Waals surface area (Å²) in [6.07, 6.45) is 4.30. The van der Waals surface area contributed by atoms with Crippen molar-refractivity contribution < 1.29 is 9.59 Å². The number of carbonyl (C=O) groups is 2. The number of fused-ring (bicyclic) bond motifs is 1. The van der Waals surface area contributed by atoms with E-state index in [4.69, 9.17) is 5.73 Å². The smallest absolute Gasteiger partial charge is 0.266 e. The van der Waals surface area contributed by atoms with Gasteiger partial charge in [0.05, 0.1) is 12.2 Å². The molecule has 1 unspecified atom stereocenters. The maximum Gasteiger partial charge on any atom is 0.266 e. The van der Waals surface area contributed by atoms with Gasteiger partial charge in [0.25, 0.3) is 5.91 Å². The number of ketones is 1. The van der Waals surface area contributed by atoms with Crippen molar-refractivity contribution in [2.24, 2.45) is 22.6 Å². The molecular formula is C21H29N3O2. The van der Waals surface area contributed by atoms with Crippen molar-refractivity contribution in [3.63, 3.8) is 0 Å². The molecule has 26 heavy (non-hydrogen) atoms. The SMILES string of the molecule is Cc1cccc2c1N(CC(=O)C1CCCCC1)C(=O)C(N)N=C2C(C)C. The first-order chi connectivity index (χ1) is 12.4. The Kier molecular flexibility index (Phi) is 5.56. The molecule has 1 aromatic rings. The van der Waals surface area contributed by atoms with E-state index in [1.54, 1.807) is 4.90 Å². The number of amides is 1. The minimum atomic E-state index is -0.960. The minimum absolute atomic E-state index is 0.0639. The maximum absolute atomic E-state index is 13.0. The number of aryl methyl sites for hydroxylation is 1. The van der Waals surface area contributed by atoms with Crippen LogP contribution in [0.25, 0.3) is 0 Å². The number of carbonyl (C=O) groups excluding carboxylic acids is 2. The number of nitrogens with two attached hydrogens (primary N) is 1. The topological polar surface area (TPSA) is 75.8 Å². The summed E-state index contributed by atoms with van der Waals surface area (Å²) >= 11 is 0. The molecule has 1 fully saturated rings. The number of Topliss-reactive ketones (excluding diaryl/α,β-unsaturated/α-hetero) is 1. The highest BCUT2D eigenvalue weighted by Crippen LogP contribution is 2.32. The highest BCUT2D eigenvalue weighted by molar-refractivity contribution is 6.15. The van der Waals surface area contributed by atoms with E-state index in [-0.39, 0.29) is 30.1 Å². The Labute approximate surface area is 155 Å². The molecule has 1 aromatic carbocycles. The summed E-state index contributed by atoms with van der Waals surface area (Å²) in [6, 6.07) is 5.91. The Morgan fingerprint density at radius 1 is 1.27 bits per heavy atom. The Hall–Kier alpha value is -2.01. The van der Waals surface area contributed by atoms with Crippen molar-refractivity contribution in [1.29, 1.82) is 0 Å². The second-order valence-electron chi connectivity index (χ2n) is 7.81. The van der Waals surface area contributed by atoms with Gasteiger partial charge >= 0.3 is 0 Å². The van der Waals surface area contributed by atoms with Crippen LogP contribution in [0.3, 0.4) is 0 Å². The van der Waals surface area contributed by atoms with Gasteiger partial charge in [-0.05, 0) is 31.2 Å². The molecule has 1 atom stereocenters. The molecule has 1 saturated carbocycles. The molecule has 140 valence electrons. The molecule has 0 saturated heterocycles. The first-order valence-corrected chi connectivity index (χ1v) is 9.67. The molecule has 5 nitrogen and oxygen atoms in total. The minimum Gasteiger partial charge on any atom is -0.302 e. The second-order valence-corrected chi connectivity index (χ2v) is 7.81. The van der Waals surface area contributed by atoms with Crippen molar-refractivity contribution in [1.82, 2.24) is 0 Å². The Bertz CT molecular complexity index is 733. The van der Waals surface area contributed by atoms with Gasteiger partial charge in [0.1, 0.15) is 0 Å². The summed E-state index contributed by atoms with van der Waals surface area (Å²) in [5.41, 5.74) is 9.60. The Morgan fingerprint density at radius 2 is 1.96 bits per heavy atom. The summed E-state index contributed by atoms with van der Waals surface area (Å²) in [4.78, 5) is 32.0. The van der Waals surface area contributed by atoms with Crippen LogP contribution >= 0.6 is 0 Å². The summed E-state index contributed by atoms with van der Waals surface area (Å²) in [5, 5.41) is 0. The Morgan fingerprint density at radius 3 is 2.62 bits per heavy atom. The number of hydrogen-bond acceptors (Lipinski definition) is 4. The molecule has 5 heteroatoms. The number of nitrogens with zero attached hydrogens (tertiary/aromatic N) is 2. The van der Waals surface area contributed by atoms with Gasteiger partial charge in [-0.25, -0.2) is 0 Å². The fraction of sp³-hybridized carbons (Fsp3) is 0.571. The van der Waals surface area contributed by atoms with Crippen molar-refractivity contribution in [3.8, 4) is 0 Å². The van der Waals surface area contributed by atoms with Gasteiger partial charge in [0, 0.05) is 17.2 Å². The van der Waals surface area contributed by atoms with Crippen LogP contribution in [-0.2, 0) is 9.59 Å². The van der Waals surface area contributed by atoms with E-state index < -0.39 is 6.17 Å². The lowest BCUT2D eigenvalue weighted by atomic mass is 9.86. The molecule has 0 spiro atoms. The normalized spacial score (nSPS) is 21.4. The highest BCUT2D eigenvalue weighted by atomic mass is 16.2. The predicted molar refractivity (Wildman–Crippen MR) is 104 cm³/mol. The van der Waals surface area contributed by atoms with E-state index in [9.17, 15) is 9.59 Å². The lowest BCUT2D eigenvalue weighted by Gasteiger charge is -2.28. The number of anilines is 1. The van der Waals surface area contributed by atoms with Gasteiger partial charge in [-0.2, -0.15) is 0 Å². The molecule has 1 amide bonds. The van der Waals surface area contributed by atoms with Gasteiger partial charge in [-0.1, -0.05) is 51.3 Å². The van der Waals surface area contributed by atoms with Gasteiger partial charge in [-0.3, -0.25) is 14.6 Å². The third kappa shape index (κ3) is 3.58. The number of rotatable bonds is 4. The van der Waals surface area contributed by atoms with Crippen LogP contribution in [0.5, 0.6) is 0 Å². The largest absolute Gasteiger partial charge is 0.302 e. The molecule has 0 bridgehead atoms. The number of benzodiazepines with no additional fused rings is 1. The standard InChI is InChI=1S/C21H29N3O2/c1-13(2)18-16-11-7-8-14(3)19(16)24(21(26)20(22)23-18)12-17(25)15-9-5-4-6-10-15/h7-8,11,13,15,20H,4-6,9-10,12,22H2,1-3H3. The summed E-state index contributed by atoms with van der Waals surface area (Å²) < 4.78 is 0. The third-order valence-electron chi connectivity index (χ3n) is 5.50. The summed E-state index contributed by atoms with van der Waals surface area (Å²) in [6.45, 7) is 6.16. The van der Waals surface area contributed by atoms with Crippen molar-refractivity contribution >= 4 is 23.1 Å². The van der Waals surface area contributed by atoms with Crippen LogP contribution in [0.2, 0.25) is 0 Å².